The van der Waals surface area contributed by atoms with Crippen LogP contribution in [0.25, 0.3) is 252 Å². The summed E-state index contributed by atoms with van der Waals surface area (Å²) in [4.78, 5) is 39.3. The molecule has 0 spiro atoms. The van der Waals surface area contributed by atoms with E-state index in [2.05, 4.69) is 456 Å². The van der Waals surface area contributed by atoms with Gasteiger partial charge in [-0.25, -0.2) is 44.9 Å². The molecule has 30 rings (SSSR count). The van der Waals surface area contributed by atoms with E-state index < -0.39 is 0 Å². The normalized spacial score (nSPS) is 12.4. The molecule has 0 N–H and O–H groups in total. The van der Waals surface area contributed by atoms with Gasteiger partial charge in [0.1, 0.15) is 49.1 Å². The first-order valence-electron chi connectivity index (χ1n) is 45.9. The Morgan fingerprint density at radius 2 is 0.616 bits per heavy atom. The van der Waals surface area contributed by atoms with Crippen LogP contribution in [0, 0.1) is 0 Å². The van der Waals surface area contributed by atoms with Gasteiger partial charge in [-0.1, -0.05) is 270 Å². The van der Waals surface area contributed by atoms with Crippen LogP contribution < -0.4 is 0 Å². The van der Waals surface area contributed by atoms with Crippen molar-refractivity contribution in [3.8, 4) is 79.4 Å². The fourth-order valence-electron chi connectivity index (χ4n) is 22.2. The number of fused-ring (bicyclic) bond motifs is 29. The number of rotatable bonds is 9. The summed E-state index contributed by atoms with van der Waals surface area (Å²) in [7, 11) is 0. The van der Waals surface area contributed by atoms with Crippen molar-refractivity contribution in [2.24, 2.45) is 0 Å². The molecule has 0 unspecified atom stereocenters. The van der Waals surface area contributed by atoms with Crippen LogP contribution in [0.15, 0.2) is 425 Å². The summed E-state index contributed by atoms with van der Waals surface area (Å²) in [6.07, 6.45) is 9.32. The molecule has 0 fully saturated rings. The maximum atomic E-state index is 6.35. The average Bonchev–Trinajstić information content (AvgIpc) is 1.54. The molecule has 138 heavy (non-hydrogen) atoms. The van der Waals surface area contributed by atoms with Gasteiger partial charge in [-0.05, 0) is 184 Å². The van der Waals surface area contributed by atoms with Gasteiger partial charge in [0, 0.05) is 124 Å². The molecule has 0 saturated heterocycles. The average molecular weight is 1790 g/mol. The Bertz CT molecular complexity index is 10000. The Kier molecular flexibility index (Phi) is 18.0. The molecule has 0 aliphatic heterocycles. The van der Waals surface area contributed by atoms with E-state index in [0.717, 1.165) is 111 Å². The lowest BCUT2D eigenvalue weighted by Gasteiger charge is -2.21. The quantitative estimate of drug-likeness (QED) is 0.136. The highest BCUT2D eigenvalue weighted by Crippen LogP contribution is 2.52. The van der Waals surface area contributed by atoms with Gasteiger partial charge < -0.3 is 18.1 Å². The van der Waals surface area contributed by atoms with Gasteiger partial charge in [-0.2, -0.15) is 0 Å². The minimum Gasteiger partial charge on any atom is -0.455 e. The number of thiophene rings is 1. The van der Waals surface area contributed by atoms with Gasteiger partial charge >= 0.3 is 0 Å². The molecule has 1 aliphatic carbocycles. The van der Waals surface area contributed by atoms with E-state index in [-0.39, 0.29) is 12.8 Å². The van der Waals surface area contributed by atoms with Crippen LogP contribution in [0.5, 0.6) is 0 Å². The summed E-state index contributed by atoms with van der Waals surface area (Å²) < 4.78 is 22.6. The number of nitrogens with zero attached hydrogens (tertiary/aromatic N) is 15. The first-order chi connectivity index (χ1) is 67.8. The van der Waals surface area contributed by atoms with E-state index in [0.29, 0.717) is 17.8 Å². The molecule has 17 heteroatoms. The Labute approximate surface area is 792 Å². The molecule has 0 bridgehead atoms. The number of benzene rings is 18. The molecule has 0 saturated carbocycles. The molecule has 18 aromatic carbocycles. The fourth-order valence-corrected chi connectivity index (χ4v) is 23.2. The maximum absolute atomic E-state index is 6.35. The summed E-state index contributed by atoms with van der Waals surface area (Å²) >= 11 is 1.85. The fraction of sp³-hybridized carbons (Fsp3) is 0.0331. The number of hydrogen-bond donors (Lipinski definition) is 0. The smallest absolute Gasteiger partial charge is 0.237 e. The summed E-state index contributed by atoms with van der Waals surface area (Å²) in [5.74, 6) is 1.82. The van der Waals surface area contributed by atoms with Gasteiger partial charge in [-0.15, -0.1) is 11.3 Å². The van der Waals surface area contributed by atoms with Crippen molar-refractivity contribution in [2.75, 3.05) is 0 Å². The van der Waals surface area contributed by atoms with Gasteiger partial charge in [0.05, 0.1) is 66.2 Å². The van der Waals surface area contributed by atoms with Crippen LogP contribution in [0.2, 0.25) is 0 Å². The highest BCUT2D eigenvalue weighted by Gasteiger charge is 2.36. The largest absolute Gasteiger partial charge is 0.455 e. The molecule has 29 aromatic rings. The molecule has 16 nitrogen and oxygen atoms in total. The summed E-state index contributed by atoms with van der Waals surface area (Å²) in [5.41, 5.74) is 31.1. The zero-order chi connectivity index (χ0) is 90.2. The lowest BCUT2D eigenvalue weighted by molar-refractivity contribution is 0.660. The van der Waals surface area contributed by atoms with E-state index in [1.165, 1.54) is 135 Å². The van der Waals surface area contributed by atoms with E-state index in [9.17, 15) is 0 Å². The zero-order valence-corrected chi connectivity index (χ0v) is 74.7. The van der Waals surface area contributed by atoms with E-state index in [4.69, 9.17) is 4.42 Å². The lowest BCUT2D eigenvalue weighted by atomic mass is 9.82. The van der Waals surface area contributed by atoms with Crippen LogP contribution in [0.1, 0.15) is 32.4 Å². The third kappa shape index (κ3) is 12.1. The molecule has 11 aromatic heterocycles. The SMILES string of the molecule is C.CC1(C)c2ccccc2-c2cc(-c3ccc(-n4c5ccccc5c5cc6c7ccccc7n(-c7ncncn7)c6cc54)cc3)ccc21.c1ccc2c(c1)oc1c(-c3ccc(-n4c5ccccc5c5c6c7ccccc7n(-c7ncncn7)c6ccc54)cc3)cccc12.c1ccc2c(c1)sc1ccc(-c3ccc(-n4c5ccccc5c5ccc6c(c7ccccc7n6-c6ncncn6)c54)cc3)cc12. The van der Waals surface area contributed by atoms with Gasteiger partial charge in [-0.3, -0.25) is 13.7 Å². The molecular weight excluding hydrogens is 1710 g/mol. The van der Waals surface area contributed by atoms with Crippen LogP contribution in [0.4, 0.5) is 0 Å². The van der Waals surface area contributed by atoms with Crippen molar-refractivity contribution in [3.05, 3.63) is 431 Å². The summed E-state index contributed by atoms with van der Waals surface area (Å²) in [6.45, 7) is 4.66. The molecule has 0 amide bonds. The molecule has 0 radical (unpaired) electrons. The Morgan fingerprint density at radius 3 is 1.21 bits per heavy atom. The third-order valence-corrected chi connectivity index (χ3v) is 29.3. The third-order valence-electron chi connectivity index (χ3n) is 28.2. The highest BCUT2D eigenvalue weighted by molar-refractivity contribution is 7.25. The number of furan rings is 1. The van der Waals surface area contributed by atoms with Crippen LogP contribution >= 0.6 is 11.3 Å². The van der Waals surface area contributed by atoms with Crippen molar-refractivity contribution < 1.29 is 4.42 Å². The molecule has 650 valence electrons. The second-order valence-electron chi connectivity index (χ2n) is 35.7. The predicted molar refractivity (Wildman–Crippen MR) is 566 cm³/mol. The topological polar surface area (TPSA) is 159 Å². The first kappa shape index (κ1) is 79.5. The van der Waals surface area contributed by atoms with E-state index >= 15 is 0 Å². The van der Waals surface area contributed by atoms with Gasteiger partial charge in [0.15, 0.2) is 0 Å². The van der Waals surface area contributed by atoms with Crippen LogP contribution in [-0.4, -0.2) is 72.3 Å². The van der Waals surface area contributed by atoms with Crippen LogP contribution in [0.3, 0.4) is 0 Å². The maximum Gasteiger partial charge on any atom is 0.237 e. The van der Waals surface area contributed by atoms with Crippen molar-refractivity contribution in [1.82, 2.24) is 72.3 Å². The second-order valence-corrected chi connectivity index (χ2v) is 36.8. The van der Waals surface area contributed by atoms with Gasteiger partial charge in [0.25, 0.3) is 0 Å². The number of hydrogen-bond acceptors (Lipinski definition) is 11. The number of para-hydroxylation sites is 8. The van der Waals surface area contributed by atoms with Gasteiger partial charge in [0.2, 0.25) is 17.8 Å². The van der Waals surface area contributed by atoms with E-state index in [1.54, 1.807) is 38.0 Å². The zero-order valence-electron chi connectivity index (χ0n) is 73.9. The molecule has 11 heterocycles. The first-order valence-corrected chi connectivity index (χ1v) is 46.7. The van der Waals surface area contributed by atoms with Crippen molar-refractivity contribution in [2.45, 2.75) is 26.7 Å². The Morgan fingerprint density at radius 1 is 0.232 bits per heavy atom. The van der Waals surface area contributed by atoms with Crippen molar-refractivity contribution in [1.29, 1.82) is 0 Å². The van der Waals surface area contributed by atoms with E-state index in [1.807, 2.05) is 23.5 Å². The number of aromatic nitrogens is 15. The summed E-state index contributed by atoms with van der Waals surface area (Å²) in [5, 5.41) is 19.3. The minimum atomic E-state index is 0. The predicted octanol–water partition coefficient (Wildman–Crippen LogP) is 30.4. The lowest BCUT2D eigenvalue weighted by Crippen LogP contribution is -2.14. The molecule has 0 atom stereocenters. The second kappa shape index (κ2) is 31.2. The highest BCUT2D eigenvalue weighted by atomic mass is 32.1. The minimum absolute atomic E-state index is 0. The van der Waals surface area contributed by atoms with Crippen LogP contribution in [-0.2, 0) is 5.41 Å². The van der Waals surface area contributed by atoms with Crippen molar-refractivity contribution in [3.63, 3.8) is 0 Å². The Balaban J connectivity index is 0.000000104. The monoisotopic (exact) mass is 1790 g/mol. The van der Waals surface area contributed by atoms with Crippen molar-refractivity contribution >= 4 is 184 Å². The standard InChI is InChI=1S/C42H29N5.C39H23N5O.C39H23N5S.CH4/c1-42(2)35-12-6-3-9-29(35)32-21-27(17-20-36(32)42)26-15-18-28(19-16-26)46-37-13-7-4-10-30(37)33-22-34-31-11-5-8-14-38(31)47(40(34)23-39(33)46)41-44-24-43-25-45-41;1-4-13-31-29(9-1)36-33(20-21-34-37(36)30-10-2-5-14-32(30)44(34)39-41-22-40-23-42-39)43(31)25-18-16-24(17-19-25)26-11-7-12-28-27-8-3-6-15-35(27)45-38(26)28;1-4-10-32-27(7-1)29-18-19-34-37(30-9-2-5-11-33(30)44(34)39-41-22-40-23-42-39)38(29)43(32)26-16-13-24(14-17-26)25-15-20-36-31(21-25)28-8-3-6-12-35(28)45-36;/h3-25H,1-2H3;2*1-23H;1H4. The Hall–Kier alpha value is -18.2. The molecular formula is C121H79N15OS. The molecule has 1 aliphatic rings. The summed E-state index contributed by atoms with van der Waals surface area (Å²) in [6, 6.07) is 138.